The Morgan fingerprint density at radius 2 is 2.05 bits per heavy atom. The zero-order chi connectivity index (χ0) is 15.6. The minimum absolute atomic E-state index is 0. The van der Waals surface area contributed by atoms with E-state index in [9.17, 15) is 13.2 Å². The Morgan fingerprint density at radius 3 is 2.68 bits per heavy atom. The van der Waals surface area contributed by atoms with Crippen LogP contribution in [-0.2, 0) is 10.0 Å². The smallest absolute Gasteiger partial charge is 0.243 e. The first kappa shape index (κ1) is 19.1. The van der Waals surface area contributed by atoms with E-state index in [0.717, 1.165) is 0 Å². The van der Waals surface area contributed by atoms with Gasteiger partial charge in [-0.2, -0.15) is 4.31 Å². The van der Waals surface area contributed by atoms with Crippen molar-refractivity contribution in [1.29, 1.82) is 0 Å². The lowest BCUT2D eigenvalue weighted by molar-refractivity contribution is 0.0988. The molecule has 0 aliphatic carbocycles. The molecule has 1 saturated heterocycles. The summed E-state index contributed by atoms with van der Waals surface area (Å²) in [5, 5.41) is 3.26. The molecule has 7 heteroatoms. The van der Waals surface area contributed by atoms with Crippen LogP contribution in [0.1, 0.15) is 37.6 Å². The summed E-state index contributed by atoms with van der Waals surface area (Å²) < 4.78 is 27.1. The van der Waals surface area contributed by atoms with Crippen molar-refractivity contribution >= 4 is 28.2 Å². The standard InChI is InChI=1S/C15H22N2O3S.ClH/c1-4-15(18)13-6-5-7-14(10-13)21(19,20)17-9-8-16-11(2)12(17)3;/h5-7,10-12,16H,4,8-9H2,1-3H3;1H. The second-order valence-corrected chi connectivity index (χ2v) is 7.29. The van der Waals surface area contributed by atoms with E-state index in [0.29, 0.717) is 25.1 Å². The van der Waals surface area contributed by atoms with Crippen LogP contribution in [0.15, 0.2) is 29.2 Å². The normalized spacial score (nSPS) is 22.9. The third kappa shape index (κ3) is 3.68. The van der Waals surface area contributed by atoms with Gasteiger partial charge >= 0.3 is 0 Å². The van der Waals surface area contributed by atoms with Gasteiger partial charge in [0.05, 0.1) is 4.90 Å². The number of carbonyl (C=O) groups is 1. The van der Waals surface area contributed by atoms with E-state index in [-0.39, 0.29) is 35.2 Å². The second kappa shape index (κ2) is 7.55. The van der Waals surface area contributed by atoms with E-state index in [1.165, 1.54) is 10.4 Å². The molecule has 5 nitrogen and oxygen atoms in total. The second-order valence-electron chi connectivity index (χ2n) is 5.40. The highest BCUT2D eigenvalue weighted by atomic mass is 35.5. The van der Waals surface area contributed by atoms with Gasteiger partial charge in [0.2, 0.25) is 10.0 Å². The van der Waals surface area contributed by atoms with Gasteiger partial charge in [0.25, 0.3) is 0 Å². The summed E-state index contributed by atoms with van der Waals surface area (Å²) in [6.07, 6.45) is 0.366. The molecule has 1 aliphatic heterocycles. The number of nitrogens with zero attached hydrogens (tertiary/aromatic N) is 1. The van der Waals surface area contributed by atoms with E-state index in [2.05, 4.69) is 5.32 Å². The molecule has 0 bridgehead atoms. The number of hydrogen-bond donors (Lipinski definition) is 1. The maximum Gasteiger partial charge on any atom is 0.243 e. The van der Waals surface area contributed by atoms with Crippen LogP contribution in [0.25, 0.3) is 0 Å². The molecular formula is C15H23ClN2O3S. The summed E-state index contributed by atoms with van der Waals surface area (Å²) in [6, 6.07) is 6.32. The fourth-order valence-corrected chi connectivity index (χ4v) is 4.28. The lowest BCUT2D eigenvalue weighted by atomic mass is 10.1. The van der Waals surface area contributed by atoms with Crippen LogP contribution in [0.5, 0.6) is 0 Å². The number of Topliss-reactive ketones (excluding diaryl/α,β-unsaturated/α-hetero) is 1. The molecule has 1 fully saturated rings. The Bertz CT molecular complexity index is 633. The van der Waals surface area contributed by atoms with Gasteiger partial charge in [-0.1, -0.05) is 19.1 Å². The van der Waals surface area contributed by atoms with Crippen LogP contribution >= 0.6 is 12.4 Å². The Morgan fingerprint density at radius 1 is 1.36 bits per heavy atom. The number of hydrogen-bond acceptors (Lipinski definition) is 4. The van der Waals surface area contributed by atoms with Crippen molar-refractivity contribution in [2.24, 2.45) is 0 Å². The molecular weight excluding hydrogens is 324 g/mol. The quantitative estimate of drug-likeness (QED) is 0.847. The lowest BCUT2D eigenvalue weighted by Crippen LogP contribution is -2.57. The van der Waals surface area contributed by atoms with E-state index in [1.54, 1.807) is 25.1 Å². The summed E-state index contributed by atoms with van der Waals surface area (Å²) in [5.41, 5.74) is 0.453. The van der Waals surface area contributed by atoms with Crippen molar-refractivity contribution in [1.82, 2.24) is 9.62 Å². The zero-order valence-electron chi connectivity index (χ0n) is 13.1. The largest absolute Gasteiger partial charge is 0.311 e. The van der Waals surface area contributed by atoms with Gasteiger partial charge in [-0.05, 0) is 26.0 Å². The van der Waals surface area contributed by atoms with E-state index in [1.807, 2.05) is 13.8 Å². The number of rotatable bonds is 4. The Kier molecular flexibility index (Phi) is 6.55. The molecule has 0 aromatic heterocycles. The van der Waals surface area contributed by atoms with Gasteiger partial charge in [-0.15, -0.1) is 12.4 Å². The monoisotopic (exact) mass is 346 g/mol. The number of benzene rings is 1. The van der Waals surface area contributed by atoms with Crippen LogP contribution in [0.2, 0.25) is 0 Å². The van der Waals surface area contributed by atoms with Crippen LogP contribution < -0.4 is 5.32 Å². The van der Waals surface area contributed by atoms with Gasteiger partial charge in [0, 0.05) is 37.2 Å². The molecule has 22 heavy (non-hydrogen) atoms. The average molecular weight is 347 g/mol. The lowest BCUT2D eigenvalue weighted by Gasteiger charge is -2.37. The summed E-state index contributed by atoms with van der Waals surface area (Å²) >= 11 is 0. The van der Waals surface area contributed by atoms with Gasteiger partial charge in [0.1, 0.15) is 0 Å². The highest BCUT2D eigenvalue weighted by Gasteiger charge is 2.34. The van der Waals surface area contributed by atoms with Crippen LogP contribution in [0.3, 0.4) is 0 Å². The first-order chi connectivity index (χ1) is 9.87. The highest BCUT2D eigenvalue weighted by Crippen LogP contribution is 2.22. The third-order valence-electron chi connectivity index (χ3n) is 4.06. The summed E-state index contributed by atoms with van der Waals surface area (Å²) in [6.45, 7) is 6.72. The Labute approximate surface area is 138 Å². The number of carbonyl (C=O) groups excluding carboxylic acids is 1. The molecule has 0 amide bonds. The molecule has 2 unspecified atom stereocenters. The Hall–Kier alpha value is -0.950. The molecule has 1 heterocycles. The predicted molar refractivity (Wildman–Crippen MR) is 89.1 cm³/mol. The SMILES string of the molecule is CCC(=O)c1cccc(S(=O)(=O)N2CCNC(C)C2C)c1.Cl. The predicted octanol–water partition coefficient (Wildman–Crippen LogP) is 2.07. The first-order valence-corrected chi connectivity index (χ1v) is 8.70. The van der Waals surface area contributed by atoms with Crippen LogP contribution in [0, 0.1) is 0 Å². The minimum atomic E-state index is -3.57. The molecule has 1 aromatic rings. The maximum absolute atomic E-state index is 12.8. The van der Waals surface area contributed by atoms with Crippen molar-refractivity contribution in [3.8, 4) is 0 Å². The minimum Gasteiger partial charge on any atom is -0.311 e. The molecule has 1 aromatic carbocycles. The van der Waals surface area contributed by atoms with Gasteiger partial charge < -0.3 is 5.32 Å². The molecule has 0 saturated carbocycles. The number of piperazine rings is 1. The average Bonchev–Trinajstić information content (AvgIpc) is 2.49. The van der Waals surface area contributed by atoms with Crippen LogP contribution in [-0.4, -0.2) is 43.7 Å². The first-order valence-electron chi connectivity index (χ1n) is 7.26. The number of halogens is 1. The van der Waals surface area contributed by atoms with Gasteiger partial charge in [-0.25, -0.2) is 8.42 Å². The number of ketones is 1. The van der Waals surface area contributed by atoms with E-state index in [4.69, 9.17) is 0 Å². The molecule has 0 radical (unpaired) electrons. The summed E-state index contributed by atoms with van der Waals surface area (Å²) in [5.74, 6) is -0.0474. The molecule has 124 valence electrons. The van der Waals surface area contributed by atoms with Crippen molar-refractivity contribution in [3.05, 3.63) is 29.8 Å². The van der Waals surface area contributed by atoms with Crippen molar-refractivity contribution in [3.63, 3.8) is 0 Å². The third-order valence-corrected chi connectivity index (χ3v) is 6.04. The van der Waals surface area contributed by atoms with Gasteiger partial charge in [0.15, 0.2) is 5.78 Å². The molecule has 0 spiro atoms. The van der Waals surface area contributed by atoms with E-state index < -0.39 is 10.0 Å². The number of nitrogens with one attached hydrogen (secondary N) is 1. The van der Waals surface area contributed by atoms with E-state index >= 15 is 0 Å². The molecule has 2 rings (SSSR count). The zero-order valence-corrected chi connectivity index (χ0v) is 14.7. The topological polar surface area (TPSA) is 66.5 Å². The summed E-state index contributed by atoms with van der Waals surface area (Å²) in [4.78, 5) is 12.0. The molecule has 2 atom stereocenters. The molecule has 1 N–H and O–H groups in total. The Balaban J connectivity index is 0.00000242. The van der Waals surface area contributed by atoms with Crippen molar-refractivity contribution in [2.45, 2.75) is 44.2 Å². The van der Waals surface area contributed by atoms with Gasteiger partial charge in [-0.3, -0.25) is 4.79 Å². The fraction of sp³-hybridized carbons (Fsp3) is 0.533. The maximum atomic E-state index is 12.8. The highest BCUT2D eigenvalue weighted by molar-refractivity contribution is 7.89. The fourth-order valence-electron chi connectivity index (χ4n) is 2.53. The van der Waals surface area contributed by atoms with Crippen LogP contribution in [0.4, 0.5) is 0 Å². The van der Waals surface area contributed by atoms with Crippen molar-refractivity contribution in [2.75, 3.05) is 13.1 Å². The number of sulfonamides is 1. The molecule has 1 aliphatic rings. The summed E-state index contributed by atoms with van der Waals surface area (Å²) in [7, 11) is -3.57. The van der Waals surface area contributed by atoms with Crippen molar-refractivity contribution < 1.29 is 13.2 Å².